The van der Waals surface area contributed by atoms with Gasteiger partial charge in [0.05, 0.1) is 43.5 Å². The first-order valence-corrected chi connectivity index (χ1v) is 15.1. The third kappa shape index (κ3) is 7.24. The maximum Gasteiger partial charge on any atom is 0.163 e. The molecule has 0 radical (unpaired) electrons. The van der Waals surface area contributed by atoms with Crippen LogP contribution >= 0.6 is 11.3 Å². The molecule has 0 aliphatic rings. The van der Waals surface area contributed by atoms with E-state index in [1.165, 1.54) is 24.5 Å². The van der Waals surface area contributed by atoms with Crippen LogP contribution in [0.1, 0.15) is 41.4 Å². The number of thiophene rings is 1. The minimum atomic E-state index is -1.36. The Labute approximate surface area is 259 Å². The lowest BCUT2D eigenvalue weighted by atomic mass is 9.92. The van der Waals surface area contributed by atoms with Crippen molar-refractivity contribution < 1.29 is 33.2 Å². The average Bonchev–Trinajstić information content (AvgIpc) is 3.49. The van der Waals surface area contributed by atoms with Gasteiger partial charge in [-0.3, -0.25) is 4.79 Å². The number of methoxy groups -OCH3 is 2. The average molecular weight is 616 g/mol. The molecular weight excluding hydrogens is 581 g/mol. The molecule has 0 saturated heterocycles. The molecule has 0 aliphatic heterocycles. The summed E-state index contributed by atoms with van der Waals surface area (Å²) in [7, 11) is 3.15. The first-order chi connectivity index (χ1) is 21.3. The van der Waals surface area contributed by atoms with E-state index in [0.29, 0.717) is 53.0 Å². The van der Waals surface area contributed by atoms with E-state index in [0.717, 1.165) is 22.3 Å². The highest BCUT2D eigenvalue weighted by molar-refractivity contribution is 7.17. The van der Waals surface area contributed by atoms with Gasteiger partial charge in [0.25, 0.3) is 0 Å². The van der Waals surface area contributed by atoms with E-state index in [9.17, 15) is 14.3 Å². The Hall–Kier alpha value is -4.31. The molecule has 0 fully saturated rings. The van der Waals surface area contributed by atoms with Gasteiger partial charge in [-0.25, -0.2) is 9.37 Å². The Balaban J connectivity index is 1.16. The van der Waals surface area contributed by atoms with Gasteiger partial charge in [-0.1, -0.05) is 30.3 Å². The molecule has 1 atom stereocenters. The molecule has 9 heteroatoms. The Morgan fingerprint density at radius 2 is 1.75 bits per heavy atom. The minimum Gasteiger partial charge on any atom is -0.497 e. The molecule has 44 heavy (non-hydrogen) atoms. The summed E-state index contributed by atoms with van der Waals surface area (Å²) in [6, 6.07) is 23.0. The molecule has 0 spiro atoms. The van der Waals surface area contributed by atoms with Crippen LogP contribution in [0.15, 0.2) is 84.2 Å². The van der Waals surface area contributed by atoms with Crippen molar-refractivity contribution in [1.82, 2.24) is 4.98 Å². The van der Waals surface area contributed by atoms with Crippen LogP contribution in [0.5, 0.6) is 17.2 Å². The first kappa shape index (κ1) is 31.1. The topological polar surface area (TPSA) is 87.1 Å². The highest BCUT2D eigenvalue weighted by Gasteiger charge is 2.27. The number of ketones is 1. The van der Waals surface area contributed by atoms with Gasteiger partial charge in [-0.15, -0.1) is 11.3 Å². The molecular formula is C35H34FNO6S. The van der Waals surface area contributed by atoms with E-state index in [1.54, 1.807) is 44.4 Å². The standard InChI is InChI=1S/C35H34FNO6S/c1-35(39,33-9-5-8-29(37-33)27-22-44-34-26(27)6-4-7-28(34)36)17-16-30(38)24-12-15-31(32(20-24)41-3)43-19-18-42-21-23-10-13-25(40-2)14-11-23/h4-15,20,22,39H,16-19,21H2,1-3H3. The Morgan fingerprint density at radius 3 is 2.52 bits per heavy atom. The zero-order chi connectivity index (χ0) is 31.1. The molecule has 2 heterocycles. The van der Waals surface area contributed by atoms with Gasteiger partial charge < -0.3 is 24.1 Å². The van der Waals surface area contributed by atoms with Crippen molar-refractivity contribution in [3.8, 4) is 28.5 Å². The largest absolute Gasteiger partial charge is 0.497 e. The summed E-state index contributed by atoms with van der Waals surface area (Å²) in [5.74, 6) is 1.32. The predicted octanol–water partition coefficient (Wildman–Crippen LogP) is 7.59. The first-order valence-electron chi connectivity index (χ1n) is 14.2. The zero-order valence-electron chi connectivity index (χ0n) is 24.8. The fraction of sp³-hybridized carbons (Fsp3) is 0.257. The highest BCUT2D eigenvalue weighted by Crippen LogP contribution is 2.36. The molecule has 1 N–H and O–H groups in total. The fourth-order valence-electron chi connectivity index (χ4n) is 4.82. The van der Waals surface area contributed by atoms with Crippen LogP contribution in [0, 0.1) is 5.82 Å². The van der Waals surface area contributed by atoms with Crippen LogP contribution in [-0.4, -0.2) is 43.3 Å². The van der Waals surface area contributed by atoms with Crippen LogP contribution in [-0.2, 0) is 16.9 Å². The second kappa shape index (κ2) is 14.0. The van der Waals surface area contributed by atoms with Crippen molar-refractivity contribution in [2.24, 2.45) is 0 Å². The summed E-state index contributed by atoms with van der Waals surface area (Å²) >= 11 is 1.32. The lowest BCUT2D eigenvalue weighted by Gasteiger charge is -2.23. The molecule has 0 saturated carbocycles. The van der Waals surface area contributed by atoms with Crippen molar-refractivity contribution in [2.75, 3.05) is 27.4 Å². The van der Waals surface area contributed by atoms with Crippen LogP contribution in [0.4, 0.5) is 4.39 Å². The maximum atomic E-state index is 14.2. The van der Waals surface area contributed by atoms with Crippen molar-refractivity contribution in [2.45, 2.75) is 32.0 Å². The summed E-state index contributed by atoms with van der Waals surface area (Å²) in [6.07, 6.45) is 0.251. The van der Waals surface area contributed by atoms with Crippen molar-refractivity contribution in [1.29, 1.82) is 0 Å². The molecule has 0 bridgehead atoms. The van der Waals surface area contributed by atoms with E-state index in [2.05, 4.69) is 0 Å². The summed E-state index contributed by atoms with van der Waals surface area (Å²) < 4.78 is 37.0. The number of carbonyl (C=O) groups is 1. The quantitative estimate of drug-likeness (QED) is 0.102. The molecule has 228 valence electrons. The van der Waals surface area contributed by atoms with Gasteiger partial charge >= 0.3 is 0 Å². The van der Waals surface area contributed by atoms with Gasteiger partial charge in [0.2, 0.25) is 0 Å². The number of carbonyl (C=O) groups excluding carboxylic acids is 1. The number of Topliss-reactive ketones (excluding diaryl/α,β-unsaturated/α-hetero) is 1. The third-order valence-electron chi connectivity index (χ3n) is 7.37. The number of nitrogens with zero attached hydrogens (tertiary/aromatic N) is 1. The molecule has 5 rings (SSSR count). The summed E-state index contributed by atoms with van der Waals surface area (Å²) in [5.41, 5.74) is 2.00. The van der Waals surface area contributed by atoms with Crippen molar-refractivity contribution in [3.63, 3.8) is 0 Å². The molecule has 1 unspecified atom stereocenters. The minimum absolute atomic E-state index is 0.0913. The van der Waals surface area contributed by atoms with Gasteiger partial charge in [-0.05, 0) is 67.4 Å². The van der Waals surface area contributed by atoms with Gasteiger partial charge in [-0.2, -0.15) is 0 Å². The van der Waals surface area contributed by atoms with E-state index in [-0.39, 0.29) is 24.4 Å². The summed E-state index contributed by atoms with van der Waals surface area (Å²) in [4.78, 5) is 17.8. The lowest BCUT2D eigenvalue weighted by molar-refractivity contribution is 0.0398. The van der Waals surface area contributed by atoms with Gasteiger partial charge in [0, 0.05) is 28.3 Å². The number of halogens is 1. The molecule has 3 aromatic carbocycles. The van der Waals surface area contributed by atoms with Crippen LogP contribution in [0.25, 0.3) is 21.3 Å². The lowest BCUT2D eigenvalue weighted by Crippen LogP contribution is -2.24. The van der Waals surface area contributed by atoms with Crippen LogP contribution < -0.4 is 14.2 Å². The second-order valence-electron chi connectivity index (χ2n) is 10.5. The number of fused-ring (bicyclic) bond motifs is 1. The molecule has 5 aromatic rings. The Bertz CT molecular complexity index is 1730. The van der Waals surface area contributed by atoms with E-state index in [1.807, 2.05) is 47.8 Å². The number of hydrogen-bond donors (Lipinski definition) is 1. The second-order valence-corrected chi connectivity index (χ2v) is 11.4. The fourth-order valence-corrected chi connectivity index (χ4v) is 5.79. The van der Waals surface area contributed by atoms with Gasteiger partial charge in [0.1, 0.15) is 23.8 Å². The Morgan fingerprint density at radius 1 is 0.955 bits per heavy atom. The maximum absolute atomic E-state index is 14.2. The van der Waals surface area contributed by atoms with Crippen molar-refractivity contribution in [3.05, 3.63) is 107 Å². The van der Waals surface area contributed by atoms with E-state index >= 15 is 0 Å². The smallest absolute Gasteiger partial charge is 0.163 e. The van der Waals surface area contributed by atoms with Gasteiger partial charge in [0.15, 0.2) is 17.3 Å². The zero-order valence-corrected chi connectivity index (χ0v) is 25.7. The number of ether oxygens (including phenoxy) is 4. The highest BCUT2D eigenvalue weighted by atomic mass is 32.1. The number of aromatic nitrogens is 1. The Kier molecular flexibility index (Phi) is 9.89. The number of hydrogen-bond acceptors (Lipinski definition) is 8. The van der Waals surface area contributed by atoms with E-state index < -0.39 is 5.60 Å². The van der Waals surface area contributed by atoms with Crippen molar-refractivity contribution >= 4 is 27.2 Å². The monoisotopic (exact) mass is 615 g/mol. The number of aliphatic hydroxyl groups is 1. The number of rotatable bonds is 14. The van der Waals surface area contributed by atoms with Crippen LogP contribution in [0.2, 0.25) is 0 Å². The number of benzene rings is 3. The molecule has 7 nitrogen and oxygen atoms in total. The SMILES string of the molecule is COc1ccc(COCCOc2ccc(C(=O)CCC(C)(O)c3cccc(-c4csc5c(F)cccc45)n3)cc2OC)cc1. The van der Waals surface area contributed by atoms with E-state index in [4.69, 9.17) is 23.9 Å². The predicted molar refractivity (Wildman–Crippen MR) is 169 cm³/mol. The molecule has 0 amide bonds. The molecule has 2 aromatic heterocycles. The third-order valence-corrected chi connectivity index (χ3v) is 8.37. The molecule has 0 aliphatic carbocycles. The summed E-state index contributed by atoms with van der Waals surface area (Å²) in [6.45, 7) is 2.78. The normalized spacial score (nSPS) is 12.6. The summed E-state index contributed by atoms with van der Waals surface area (Å²) in [5, 5.41) is 14.0. The number of pyridine rings is 1. The van der Waals surface area contributed by atoms with Crippen LogP contribution in [0.3, 0.4) is 0 Å².